The number of fused-ring (bicyclic) bond motifs is 1. The molecule has 126 valence electrons. The number of nitrogens with two attached hydrogens (primary N) is 1. The predicted octanol–water partition coefficient (Wildman–Crippen LogP) is 2.29. The maximum absolute atomic E-state index is 12.2. The summed E-state index contributed by atoms with van der Waals surface area (Å²) in [7, 11) is -3.37. The number of aromatic nitrogens is 1. The van der Waals surface area contributed by atoms with Crippen LogP contribution < -0.4 is 10.5 Å². The quantitative estimate of drug-likeness (QED) is 0.615. The van der Waals surface area contributed by atoms with E-state index in [-0.39, 0.29) is 12.3 Å². The van der Waals surface area contributed by atoms with Crippen LogP contribution in [0.2, 0.25) is 0 Å². The van der Waals surface area contributed by atoms with Gasteiger partial charge in [0, 0.05) is 23.6 Å². The van der Waals surface area contributed by atoms with Crippen LogP contribution in [0.3, 0.4) is 0 Å². The average Bonchev–Trinajstić information content (AvgIpc) is 2.96. The van der Waals surface area contributed by atoms with E-state index >= 15 is 0 Å². The lowest BCUT2D eigenvalue weighted by Gasteiger charge is -2.08. The predicted molar refractivity (Wildman–Crippen MR) is 97.0 cm³/mol. The summed E-state index contributed by atoms with van der Waals surface area (Å²) in [6.45, 7) is 0.860. The van der Waals surface area contributed by atoms with Gasteiger partial charge in [-0.2, -0.15) is 0 Å². The Morgan fingerprint density at radius 2 is 1.83 bits per heavy atom. The van der Waals surface area contributed by atoms with Gasteiger partial charge in [-0.3, -0.25) is 0 Å². The number of nitrogens with one attached hydrogen (secondary N) is 2. The highest BCUT2D eigenvalue weighted by Gasteiger charge is 2.11. The van der Waals surface area contributed by atoms with E-state index in [0.29, 0.717) is 6.54 Å². The summed E-state index contributed by atoms with van der Waals surface area (Å²) in [5.41, 5.74) is 9.53. The summed E-state index contributed by atoms with van der Waals surface area (Å²) in [4.78, 5) is 3.21. The van der Waals surface area contributed by atoms with E-state index in [9.17, 15) is 8.42 Å². The largest absolute Gasteiger partial charge is 0.361 e. The summed E-state index contributed by atoms with van der Waals surface area (Å²) in [6, 6.07) is 15.1. The molecule has 1 heterocycles. The molecule has 2 aromatic carbocycles. The van der Waals surface area contributed by atoms with Crippen molar-refractivity contribution in [1.82, 2.24) is 9.71 Å². The van der Waals surface area contributed by atoms with E-state index in [1.165, 1.54) is 0 Å². The van der Waals surface area contributed by atoms with Crippen molar-refractivity contribution in [2.24, 2.45) is 5.73 Å². The lowest BCUT2D eigenvalue weighted by atomic mass is 10.1. The molecule has 0 amide bonds. The van der Waals surface area contributed by atoms with E-state index < -0.39 is 10.0 Å². The SMILES string of the molecule is NCCc1c[nH]c2ccc(CNS(=O)(=O)Cc3ccccc3)cc12. The minimum atomic E-state index is -3.37. The third-order valence-corrected chi connectivity index (χ3v) is 5.24. The highest BCUT2D eigenvalue weighted by atomic mass is 32.2. The van der Waals surface area contributed by atoms with Gasteiger partial charge in [-0.15, -0.1) is 0 Å². The maximum atomic E-state index is 12.2. The molecule has 0 unspecified atom stereocenters. The van der Waals surface area contributed by atoms with Gasteiger partial charge in [-0.05, 0) is 41.8 Å². The van der Waals surface area contributed by atoms with Crippen molar-refractivity contribution in [1.29, 1.82) is 0 Å². The van der Waals surface area contributed by atoms with Crippen LogP contribution in [0.15, 0.2) is 54.7 Å². The van der Waals surface area contributed by atoms with Gasteiger partial charge in [-0.1, -0.05) is 36.4 Å². The third kappa shape index (κ3) is 4.03. The molecule has 0 saturated heterocycles. The number of hydrogen-bond acceptors (Lipinski definition) is 3. The lowest BCUT2D eigenvalue weighted by molar-refractivity contribution is 0.580. The molecule has 4 N–H and O–H groups in total. The fraction of sp³-hybridized carbons (Fsp3) is 0.222. The lowest BCUT2D eigenvalue weighted by Crippen LogP contribution is -2.24. The first-order valence-corrected chi connectivity index (χ1v) is 9.53. The molecule has 6 heteroatoms. The normalized spacial score (nSPS) is 11.9. The Morgan fingerprint density at radius 1 is 1.04 bits per heavy atom. The zero-order valence-corrected chi connectivity index (χ0v) is 14.1. The molecule has 0 saturated carbocycles. The number of benzene rings is 2. The molecular weight excluding hydrogens is 322 g/mol. The molecule has 3 rings (SSSR count). The van der Waals surface area contributed by atoms with E-state index in [2.05, 4.69) is 9.71 Å². The van der Waals surface area contributed by atoms with Crippen molar-refractivity contribution in [3.63, 3.8) is 0 Å². The molecule has 0 spiro atoms. The van der Waals surface area contributed by atoms with Crippen LogP contribution in [0.25, 0.3) is 10.9 Å². The Bertz CT molecular complexity index is 918. The Hall–Kier alpha value is -2.15. The van der Waals surface area contributed by atoms with Crippen molar-refractivity contribution in [3.8, 4) is 0 Å². The second kappa shape index (κ2) is 7.17. The van der Waals surface area contributed by atoms with Gasteiger partial charge in [0.05, 0.1) is 5.75 Å². The molecule has 0 aliphatic heterocycles. The Labute approximate surface area is 141 Å². The summed E-state index contributed by atoms with van der Waals surface area (Å²) in [6.07, 6.45) is 2.75. The van der Waals surface area contributed by atoms with Gasteiger partial charge in [-0.25, -0.2) is 13.1 Å². The van der Waals surface area contributed by atoms with Gasteiger partial charge < -0.3 is 10.7 Å². The smallest absolute Gasteiger partial charge is 0.216 e. The van der Waals surface area contributed by atoms with Crippen LogP contribution >= 0.6 is 0 Å². The Kier molecular flexibility index (Phi) is 4.99. The fourth-order valence-electron chi connectivity index (χ4n) is 2.74. The number of sulfonamides is 1. The standard InChI is InChI=1S/C18H21N3O2S/c19-9-8-16-12-20-18-7-6-15(10-17(16)18)11-21-24(22,23)13-14-4-2-1-3-5-14/h1-7,10,12,20-21H,8-9,11,13,19H2. The van der Waals surface area contributed by atoms with Crippen LogP contribution in [-0.4, -0.2) is 19.9 Å². The van der Waals surface area contributed by atoms with Crippen molar-refractivity contribution in [2.75, 3.05) is 6.54 Å². The van der Waals surface area contributed by atoms with Gasteiger partial charge in [0.2, 0.25) is 10.0 Å². The minimum Gasteiger partial charge on any atom is -0.361 e. The van der Waals surface area contributed by atoms with Crippen molar-refractivity contribution < 1.29 is 8.42 Å². The highest BCUT2D eigenvalue weighted by Crippen LogP contribution is 2.20. The summed E-state index contributed by atoms with van der Waals surface area (Å²) in [5.74, 6) is -0.0152. The number of aromatic amines is 1. The highest BCUT2D eigenvalue weighted by molar-refractivity contribution is 7.88. The molecule has 24 heavy (non-hydrogen) atoms. The molecule has 0 aliphatic carbocycles. The minimum absolute atomic E-state index is 0.0152. The second-order valence-corrected chi connectivity index (χ2v) is 7.61. The van der Waals surface area contributed by atoms with Crippen LogP contribution in [0.4, 0.5) is 0 Å². The number of rotatable bonds is 7. The first kappa shape index (κ1) is 16.7. The monoisotopic (exact) mass is 343 g/mol. The summed E-state index contributed by atoms with van der Waals surface area (Å²) in [5, 5.41) is 1.10. The summed E-state index contributed by atoms with van der Waals surface area (Å²) >= 11 is 0. The molecule has 0 bridgehead atoms. The Morgan fingerprint density at radius 3 is 2.58 bits per heavy atom. The van der Waals surface area contributed by atoms with Crippen molar-refractivity contribution in [2.45, 2.75) is 18.7 Å². The van der Waals surface area contributed by atoms with Crippen LogP contribution in [0, 0.1) is 0 Å². The summed E-state index contributed by atoms with van der Waals surface area (Å²) < 4.78 is 27.1. The maximum Gasteiger partial charge on any atom is 0.216 e. The molecule has 3 aromatic rings. The molecule has 1 aromatic heterocycles. The van der Waals surface area contributed by atoms with Gasteiger partial charge >= 0.3 is 0 Å². The molecular formula is C18H21N3O2S. The topological polar surface area (TPSA) is 88.0 Å². The van der Waals surface area contributed by atoms with E-state index in [1.54, 1.807) is 0 Å². The molecule has 0 fully saturated rings. The van der Waals surface area contributed by atoms with E-state index in [1.807, 2.05) is 54.7 Å². The van der Waals surface area contributed by atoms with Gasteiger partial charge in [0.15, 0.2) is 0 Å². The first-order chi connectivity index (χ1) is 11.6. The first-order valence-electron chi connectivity index (χ1n) is 7.87. The van der Waals surface area contributed by atoms with E-state index in [4.69, 9.17) is 5.73 Å². The van der Waals surface area contributed by atoms with Crippen LogP contribution in [0.1, 0.15) is 16.7 Å². The number of hydrogen-bond donors (Lipinski definition) is 3. The van der Waals surface area contributed by atoms with Crippen LogP contribution in [-0.2, 0) is 28.7 Å². The fourth-order valence-corrected chi connectivity index (χ4v) is 3.86. The molecule has 0 radical (unpaired) electrons. The third-order valence-electron chi connectivity index (χ3n) is 3.94. The number of H-pyrrole nitrogens is 1. The van der Waals surface area contributed by atoms with Gasteiger partial charge in [0.1, 0.15) is 0 Å². The van der Waals surface area contributed by atoms with Crippen molar-refractivity contribution >= 4 is 20.9 Å². The molecule has 5 nitrogen and oxygen atoms in total. The van der Waals surface area contributed by atoms with Crippen molar-refractivity contribution in [3.05, 3.63) is 71.4 Å². The van der Waals surface area contributed by atoms with E-state index in [0.717, 1.165) is 34.0 Å². The zero-order valence-electron chi connectivity index (χ0n) is 13.3. The molecule has 0 atom stereocenters. The van der Waals surface area contributed by atoms with Crippen LogP contribution in [0.5, 0.6) is 0 Å². The second-order valence-electron chi connectivity index (χ2n) is 5.80. The molecule has 0 aliphatic rings. The zero-order chi connectivity index (χ0) is 17.0. The van der Waals surface area contributed by atoms with Gasteiger partial charge in [0.25, 0.3) is 0 Å². The Balaban J connectivity index is 1.71. The average molecular weight is 343 g/mol.